The van der Waals surface area contributed by atoms with Crippen molar-refractivity contribution in [2.45, 2.75) is 37.5 Å². The highest BCUT2D eigenvalue weighted by atomic mass is 32.2. The standard InChI is InChI=1S/C19H28N2O4S/c1-16-4-2-3-5-18(16)26(23,24)21-10-8-17(9-11-21)6-7-19(22)20-12-14-25-15-13-20/h2-5,17H,6-15H2,1H3. The first kappa shape index (κ1) is 19.3. The Hall–Kier alpha value is -1.44. The summed E-state index contributed by atoms with van der Waals surface area (Å²) in [5.74, 6) is 0.617. The summed E-state index contributed by atoms with van der Waals surface area (Å²) in [5.41, 5.74) is 0.783. The van der Waals surface area contributed by atoms with Crippen molar-refractivity contribution in [3.05, 3.63) is 29.8 Å². The lowest BCUT2D eigenvalue weighted by molar-refractivity contribution is -0.135. The van der Waals surface area contributed by atoms with E-state index in [1.54, 1.807) is 16.4 Å². The SMILES string of the molecule is Cc1ccccc1S(=O)(=O)N1CCC(CCC(=O)N2CCOCC2)CC1. The van der Waals surface area contributed by atoms with Crippen LogP contribution in [0.4, 0.5) is 0 Å². The molecule has 0 bridgehead atoms. The van der Waals surface area contributed by atoms with Crippen LogP contribution in [-0.2, 0) is 19.6 Å². The van der Waals surface area contributed by atoms with Gasteiger partial charge in [-0.05, 0) is 43.7 Å². The van der Waals surface area contributed by atoms with E-state index < -0.39 is 10.0 Å². The topological polar surface area (TPSA) is 66.9 Å². The van der Waals surface area contributed by atoms with Crippen molar-refractivity contribution < 1.29 is 17.9 Å². The number of morpholine rings is 1. The quantitative estimate of drug-likeness (QED) is 0.784. The Labute approximate surface area is 156 Å². The maximum atomic E-state index is 12.8. The van der Waals surface area contributed by atoms with Gasteiger partial charge in [0.15, 0.2) is 0 Å². The number of carbonyl (C=O) groups is 1. The Bertz CT molecular complexity index is 721. The van der Waals surface area contributed by atoms with Crippen LogP contribution in [0.5, 0.6) is 0 Å². The van der Waals surface area contributed by atoms with Gasteiger partial charge in [-0.2, -0.15) is 4.31 Å². The summed E-state index contributed by atoms with van der Waals surface area (Å²) < 4.78 is 32.6. The predicted octanol–water partition coefficient (Wildman–Crippen LogP) is 2.03. The molecule has 1 amide bonds. The Morgan fingerprint density at radius 3 is 2.42 bits per heavy atom. The summed E-state index contributed by atoms with van der Waals surface area (Å²) in [6.45, 7) is 5.52. The smallest absolute Gasteiger partial charge is 0.243 e. The highest BCUT2D eigenvalue weighted by Crippen LogP contribution is 2.27. The number of benzene rings is 1. The van der Waals surface area contributed by atoms with Gasteiger partial charge in [0.1, 0.15) is 0 Å². The van der Waals surface area contributed by atoms with Crippen LogP contribution in [-0.4, -0.2) is 62.9 Å². The van der Waals surface area contributed by atoms with Gasteiger partial charge in [-0.1, -0.05) is 18.2 Å². The lowest BCUT2D eigenvalue weighted by atomic mass is 9.93. The number of hydrogen-bond donors (Lipinski definition) is 0. The Kier molecular flexibility index (Phi) is 6.32. The minimum Gasteiger partial charge on any atom is -0.378 e. The number of aryl methyl sites for hydroxylation is 1. The molecule has 0 spiro atoms. The molecule has 6 nitrogen and oxygen atoms in total. The molecule has 144 valence electrons. The number of nitrogens with zero attached hydrogens (tertiary/aromatic N) is 2. The van der Waals surface area contributed by atoms with Crippen LogP contribution in [0.25, 0.3) is 0 Å². The van der Waals surface area contributed by atoms with Crippen molar-refractivity contribution in [3.63, 3.8) is 0 Å². The molecule has 0 unspecified atom stereocenters. The van der Waals surface area contributed by atoms with E-state index in [1.165, 1.54) is 0 Å². The minimum atomic E-state index is -3.42. The Morgan fingerprint density at radius 1 is 1.12 bits per heavy atom. The number of hydrogen-bond acceptors (Lipinski definition) is 4. The average molecular weight is 381 g/mol. The summed E-state index contributed by atoms with van der Waals surface area (Å²) in [5, 5.41) is 0. The molecule has 7 heteroatoms. The van der Waals surface area contributed by atoms with Gasteiger partial charge in [0, 0.05) is 32.6 Å². The lowest BCUT2D eigenvalue weighted by Gasteiger charge is -2.32. The summed E-state index contributed by atoms with van der Waals surface area (Å²) in [4.78, 5) is 14.5. The molecule has 3 rings (SSSR count). The molecular weight excluding hydrogens is 352 g/mol. The van der Waals surface area contributed by atoms with Gasteiger partial charge < -0.3 is 9.64 Å². The number of sulfonamides is 1. The third-order valence-electron chi connectivity index (χ3n) is 5.42. The number of piperidine rings is 1. The second-order valence-electron chi connectivity index (χ2n) is 7.14. The lowest BCUT2D eigenvalue weighted by Crippen LogP contribution is -2.41. The molecule has 2 aliphatic heterocycles. The third kappa shape index (κ3) is 4.45. The van der Waals surface area contributed by atoms with Crippen LogP contribution >= 0.6 is 0 Å². The molecule has 0 N–H and O–H groups in total. The van der Waals surface area contributed by atoms with Crippen molar-refractivity contribution in [3.8, 4) is 0 Å². The molecular formula is C19H28N2O4S. The van der Waals surface area contributed by atoms with Crippen LogP contribution in [0.1, 0.15) is 31.2 Å². The monoisotopic (exact) mass is 380 g/mol. The summed E-state index contributed by atoms with van der Waals surface area (Å²) in [6, 6.07) is 7.13. The first-order valence-corrected chi connectivity index (χ1v) is 10.8. The molecule has 1 aromatic rings. The van der Waals surface area contributed by atoms with Gasteiger partial charge in [-0.3, -0.25) is 4.79 Å². The van der Waals surface area contributed by atoms with Crippen LogP contribution in [0.2, 0.25) is 0 Å². The molecule has 2 saturated heterocycles. The average Bonchev–Trinajstić information content (AvgIpc) is 2.67. The molecule has 1 aromatic carbocycles. The zero-order valence-corrected chi connectivity index (χ0v) is 16.2. The van der Waals surface area contributed by atoms with Crippen molar-refractivity contribution in [1.29, 1.82) is 0 Å². The van der Waals surface area contributed by atoms with E-state index in [4.69, 9.17) is 4.74 Å². The van der Waals surface area contributed by atoms with Crippen LogP contribution in [0.15, 0.2) is 29.2 Å². The number of ether oxygens (including phenoxy) is 1. The maximum Gasteiger partial charge on any atom is 0.243 e. The van der Waals surface area contributed by atoms with Gasteiger partial charge >= 0.3 is 0 Å². The van der Waals surface area contributed by atoms with Gasteiger partial charge in [0.25, 0.3) is 0 Å². The zero-order chi connectivity index (χ0) is 18.6. The van der Waals surface area contributed by atoms with Crippen molar-refractivity contribution in [1.82, 2.24) is 9.21 Å². The van der Waals surface area contributed by atoms with Crippen LogP contribution in [0.3, 0.4) is 0 Å². The van der Waals surface area contributed by atoms with E-state index in [9.17, 15) is 13.2 Å². The van der Waals surface area contributed by atoms with Crippen molar-refractivity contribution in [2.24, 2.45) is 5.92 Å². The molecule has 26 heavy (non-hydrogen) atoms. The highest BCUT2D eigenvalue weighted by molar-refractivity contribution is 7.89. The second-order valence-corrected chi connectivity index (χ2v) is 9.05. The van der Waals surface area contributed by atoms with Gasteiger partial charge in [0.2, 0.25) is 15.9 Å². The largest absolute Gasteiger partial charge is 0.378 e. The van der Waals surface area contributed by atoms with Crippen LogP contribution < -0.4 is 0 Å². The Morgan fingerprint density at radius 2 is 1.77 bits per heavy atom. The molecule has 0 saturated carbocycles. The fraction of sp³-hybridized carbons (Fsp3) is 0.632. The molecule has 0 aliphatic carbocycles. The fourth-order valence-corrected chi connectivity index (χ4v) is 5.42. The summed E-state index contributed by atoms with van der Waals surface area (Å²) >= 11 is 0. The molecule has 2 heterocycles. The first-order valence-electron chi connectivity index (χ1n) is 9.40. The van der Waals surface area contributed by atoms with Crippen molar-refractivity contribution in [2.75, 3.05) is 39.4 Å². The number of rotatable bonds is 5. The molecule has 0 atom stereocenters. The van der Waals surface area contributed by atoms with E-state index in [2.05, 4.69) is 0 Å². The maximum absolute atomic E-state index is 12.8. The zero-order valence-electron chi connectivity index (χ0n) is 15.4. The molecule has 2 aliphatic rings. The Balaban J connectivity index is 1.49. The third-order valence-corrected chi connectivity index (χ3v) is 7.47. The van der Waals surface area contributed by atoms with Crippen molar-refractivity contribution >= 4 is 15.9 Å². The van der Waals surface area contributed by atoms with E-state index in [0.29, 0.717) is 56.6 Å². The minimum absolute atomic E-state index is 0.197. The fourth-order valence-electron chi connectivity index (χ4n) is 3.72. The normalized spacial score (nSPS) is 20.3. The molecule has 0 aromatic heterocycles. The van der Waals surface area contributed by atoms with E-state index in [-0.39, 0.29) is 5.91 Å². The van der Waals surface area contributed by atoms with E-state index in [1.807, 2.05) is 24.0 Å². The number of carbonyl (C=O) groups excluding carboxylic acids is 1. The van der Waals surface area contributed by atoms with Gasteiger partial charge in [0.05, 0.1) is 18.1 Å². The van der Waals surface area contributed by atoms with Crippen LogP contribution in [0, 0.1) is 12.8 Å². The first-order chi connectivity index (χ1) is 12.5. The highest BCUT2D eigenvalue weighted by Gasteiger charge is 2.30. The van der Waals surface area contributed by atoms with E-state index in [0.717, 1.165) is 24.8 Å². The predicted molar refractivity (Wildman–Crippen MR) is 99.3 cm³/mol. The second kappa shape index (κ2) is 8.50. The molecule has 2 fully saturated rings. The van der Waals surface area contributed by atoms with E-state index >= 15 is 0 Å². The summed E-state index contributed by atoms with van der Waals surface area (Å²) in [6.07, 6.45) is 3.03. The summed E-state index contributed by atoms with van der Waals surface area (Å²) in [7, 11) is -3.42. The number of amides is 1. The molecule has 0 radical (unpaired) electrons. The van der Waals surface area contributed by atoms with Gasteiger partial charge in [-0.25, -0.2) is 8.42 Å². The van der Waals surface area contributed by atoms with Gasteiger partial charge in [-0.15, -0.1) is 0 Å².